The SMILES string of the molecule is CC(C)C(CN(C)C)NCc1c(Cl)ccc(Cl)c1Cl. The Morgan fingerprint density at radius 2 is 1.68 bits per heavy atom. The molecular formula is C14H21Cl3N2. The molecule has 2 nitrogen and oxygen atoms in total. The summed E-state index contributed by atoms with van der Waals surface area (Å²) in [6.45, 7) is 5.98. The van der Waals surface area contributed by atoms with Crippen molar-refractivity contribution in [2.75, 3.05) is 20.6 Å². The third-order valence-corrected chi connectivity index (χ3v) is 4.24. The lowest BCUT2D eigenvalue weighted by Crippen LogP contribution is -2.41. The first-order valence-electron chi connectivity index (χ1n) is 6.33. The van der Waals surface area contributed by atoms with Crippen molar-refractivity contribution in [3.8, 4) is 0 Å². The first-order chi connectivity index (χ1) is 8.82. The molecule has 0 aliphatic rings. The first kappa shape index (κ1) is 17.1. The van der Waals surface area contributed by atoms with Crippen molar-refractivity contribution in [3.05, 3.63) is 32.8 Å². The molecule has 0 aliphatic carbocycles. The van der Waals surface area contributed by atoms with E-state index >= 15 is 0 Å². The van der Waals surface area contributed by atoms with E-state index in [9.17, 15) is 0 Å². The van der Waals surface area contributed by atoms with E-state index in [1.54, 1.807) is 12.1 Å². The quantitative estimate of drug-likeness (QED) is 0.784. The van der Waals surface area contributed by atoms with E-state index in [-0.39, 0.29) is 0 Å². The Labute approximate surface area is 131 Å². The summed E-state index contributed by atoms with van der Waals surface area (Å²) in [6, 6.07) is 3.87. The van der Waals surface area contributed by atoms with Gasteiger partial charge in [-0.1, -0.05) is 48.7 Å². The van der Waals surface area contributed by atoms with E-state index in [4.69, 9.17) is 34.8 Å². The molecule has 0 aromatic heterocycles. The highest BCUT2D eigenvalue weighted by Crippen LogP contribution is 2.31. The van der Waals surface area contributed by atoms with Crippen LogP contribution < -0.4 is 5.32 Å². The van der Waals surface area contributed by atoms with Gasteiger partial charge in [0.05, 0.1) is 10.0 Å². The summed E-state index contributed by atoms with van der Waals surface area (Å²) in [7, 11) is 4.13. The summed E-state index contributed by atoms with van der Waals surface area (Å²) in [5.74, 6) is 0.527. The molecule has 1 unspecified atom stereocenters. The molecule has 1 aromatic rings. The van der Waals surface area contributed by atoms with E-state index < -0.39 is 0 Å². The summed E-state index contributed by atoms with van der Waals surface area (Å²) in [4.78, 5) is 2.17. The topological polar surface area (TPSA) is 15.3 Å². The highest BCUT2D eigenvalue weighted by molar-refractivity contribution is 6.44. The number of hydrogen-bond acceptors (Lipinski definition) is 2. The predicted molar refractivity (Wildman–Crippen MR) is 85.5 cm³/mol. The molecule has 0 amide bonds. The van der Waals surface area contributed by atoms with Crippen LogP contribution in [0.4, 0.5) is 0 Å². The first-order valence-corrected chi connectivity index (χ1v) is 7.46. The van der Waals surface area contributed by atoms with Gasteiger partial charge in [0.1, 0.15) is 0 Å². The van der Waals surface area contributed by atoms with Crippen molar-refractivity contribution in [2.45, 2.75) is 26.4 Å². The second-order valence-corrected chi connectivity index (χ2v) is 6.51. The van der Waals surface area contributed by atoms with Crippen LogP contribution in [0, 0.1) is 5.92 Å². The lowest BCUT2D eigenvalue weighted by molar-refractivity contribution is 0.288. The van der Waals surface area contributed by atoms with Crippen LogP contribution in [-0.2, 0) is 6.54 Å². The zero-order chi connectivity index (χ0) is 14.6. The van der Waals surface area contributed by atoms with Gasteiger partial charge in [0, 0.05) is 29.7 Å². The van der Waals surface area contributed by atoms with Crippen LogP contribution in [0.15, 0.2) is 12.1 Å². The van der Waals surface area contributed by atoms with Crippen LogP contribution in [0.5, 0.6) is 0 Å². The maximum absolute atomic E-state index is 6.20. The Kier molecular flexibility index (Phi) is 6.92. The molecule has 1 rings (SSSR count). The standard InChI is InChI=1S/C14H21Cl3N2/c1-9(2)13(8-19(3)4)18-7-10-11(15)5-6-12(16)14(10)17/h5-6,9,13,18H,7-8H2,1-4H3. The summed E-state index contributed by atoms with van der Waals surface area (Å²) >= 11 is 18.4. The lowest BCUT2D eigenvalue weighted by Gasteiger charge is -2.26. The van der Waals surface area contributed by atoms with E-state index in [1.165, 1.54) is 0 Å². The molecule has 1 atom stereocenters. The second-order valence-electron chi connectivity index (χ2n) is 5.32. The van der Waals surface area contributed by atoms with Gasteiger partial charge in [-0.15, -0.1) is 0 Å². The summed E-state index contributed by atoms with van der Waals surface area (Å²) in [6.07, 6.45) is 0. The minimum absolute atomic E-state index is 0.376. The van der Waals surface area contributed by atoms with E-state index in [2.05, 4.69) is 38.2 Å². The molecule has 0 aliphatic heterocycles. The van der Waals surface area contributed by atoms with Gasteiger partial charge in [0.15, 0.2) is 0 Å². The largest absolute Gasteiger partial charge is 0.308 e. The maximum atomic E-state index is 6.20. The van der Waals surface area contributed by atoms with Crippen LogP contribution in [0.25, 0.3) is 0 Å². The Morgan fingerprint density at radius 1 is 1.11 bits per heavy atom. The molecule has 1 aromatic carbocycles. The maximum Gasteiger partial charge on any atom is 0.0652 e. The number of likely N-dealkylation sites (N-methyl/N-ethyl adjacent to an activating group) is 1. The molecule has 19 heavy (non-hydrogen) atoms. The Morgan fingerprint density at radius 3 is 2.21 bits per heavy atom. The molecule has 0 saturated carbocycles. The summed E-state index contributed by atoms with van der Waals surface area (Å²) < 4.78 is 0. The van der Waals surface area contributed by atoms with E-state index in [1.807, 2.05) is 0 Å². The van der Waals surface area contributed by atoms with Crippen molar-refractivity contribution in [1.82, 2.24) is 10.2 Å². The summed E-state index contributed by atoms with van der Waals surface area (Å²) in [5, 5.41) is 5.23. The van der Waals surface area contributed by atoms with Crippen LogP contribution in [0.2, 0.25) is 15.1 Å². The number of nitrogens with zero attached hydrogens (tertiary/aromatic N) is 1. The van der Waals surface area contributed by atoms with Crippen LogP contribution in [0.3, 0.4) is 0 Å². The Balaban J connectivity index is 2.77. The van der Waals surface area contributed by atoms with Gasteiger partial charge < -0.3 is 10.2 Å². The fourth-order valence-electron chi connectivity index (χ4n) is 1.87. The monoisotopic (exact) mass is 322 g/mol. The van der Waals surface area contributed by atoms with Crippen molar-refractivity contribution in [2.24, 2.45) is 5.92 Å². The normalized spacial score (nSPS) is 13.3. The fourth-order valence-corrected chi connectivity index (χ4v) is 2.55. The second kappa shape index (κ2) is 7.70. The number of hydrogen-bond donors (Lipinski definition) is 1. The molecule has 0 heterocycles. The van der Waals surface area contributed by atoms with Crippen LogP contribution in [-0.4, -0.2) is 31.6 Å². The van der Waals surface area contributed by atoms with Gasteiger partial charge in [-0.2, -0.15) is 0 Å². The average Bonchev–Trinajstić information content (AvgIpc) is 2.32. The molecule has 0 radical (unpaired) electrons. The molecule has 0 fully saturated rings. The van der Waals surface area contributed by atoms with Crippen LogP contribution >= 0.6 is 34.8 Å². The van der Waals surface area contributed by atoms with Crippen molar-refractivity contribution in [1.29, 1.82) is 0 Å². The van der Waals surface area contributed by atoms with Crippen molar-refractivity contribution >= 4 is 34.8 Å². The number of benzene rings is 1. The van der Waals surface area contributed by atoms with Gasteiger partial charge in [-0.3, -0.25) is 0 Å². The number of halogens is 3. The highest BCUT2D eigenvalue weighted by atomic mass is 35.5. The Bertz CT molecular complexity index is 419. The molecule has 5 heteroatoms. The fraction of sp³-hybridized carbons (Fsp3) is 0.571. The van der Waals surface area contributed by atoms with E-state index in [0.29, 0.717) is 33.6 Å². The van der Waals surface area contributed by atoms with Gasteiger partial charge in [-0.25, -0.2) is 0 Å². The smallest absolute Gasteiger partial charge is 0.0652 e. The molecule has 0 spiro atoms. The highest BCUT2D eigenvalue weighted by Gasteiger charge is 2.16. The van der Waals surface area contributed by atoms with Gasteiger partial charge in [0.25, 0.3) is 0 Å². The minimum Gasteiger partial charge on any atom is -0.308 e. The van der Waals surface area contributed by atoms with Crippen LogP contribution in [0.1, 0.15) is 19.4 Å². The van der Waals surface area contributed by atoms with Gasteiger partial charge in [0.2, 0.25) is 0 Å². The lowest BCUT2D eigenvalue weighted by atomic mass is 10.0. The molecular weight excluding hydrogens is 303 g/mol. The number of rotatable bonds is 6. The average molecular weight is 324 g/mol. The van der Waals surface area contributed by atoms with Crippen molar-refractivity contribution in [3.63, 3.8) is 0 Å². The molecule has 0 bridgehead atoms. The zero-order valence-corrected chi connectivity index (χ0v) is 14.1. The van der Waals surface area contributed by atoms with Crippen molar-refractivity contribution < 1.29 is 0 Å². The minimum atomic E-state index is 0.376. The number of nitrogens with one attached hydrogen (secondary N) is 1. The molecule has 108 valence electrons. The Hall–Kier alpha value is 0.01000. The molecule has 1 N–H and O–H groups in total. The zero-order valence-electron chi connectivity index (χ0n) is 11.8. The van der Waals surface area contributed by atoms with Gasteiger partial charge >= 0.3 is 0 Å². The third kappa shape index (κ3) is 5.13. The third-order valence-electron chi connectivity index (χ3n) is 3.05. The molecule has 0 saturated heterocycles. The summed E-state index contributed by atoms with van der Waals surface area (Å²) in [5.41, 5.74) is 0.861. The predicted octanol–water partition coefficient (Wildman–Crippen LogP) is 4.32. The van der Waals surface area contributed by atoms with Gasteiger partial charge in [-0.05, 0) is 32.1 Å². The van der Waals surface area contributed by atoms with E-state index in [0.717, 1.165) is 12.1 Å².